The highest BCUT2D eigenvalue weighted by Crippen LogP contribution is 1.98. The normalized spacial score (nSPS) is 13.2. The van der Waals surface area contributed by atoms with Gasteiger partial charge in [0, 0.05) is 33.2 Å². The predicted molar refractivity (Wildman–Crippen MR) is 79.0 cm³/mol. The zero-order valence-electron chi connectivity index (χ0n) is 12.6. The third kappa shape index (κ3) is 7.02. The van der Waals surface area contributed by atoms with Crippen LogP contribution in [-0.4, -0.2) is 67.9 Å². The van der Waals surface area contributed by atoms with Gasteiger partial charge in [-0.3, -0.25) is 14.4 Å². The zero-order chi connectivity index (χ0) is 16.4. The van der Waals surface area contributed by atoms with E-state index in [9.17, 15) is 14.4 Å². The van der Waals surface area contributed by atoms with E-state index in [2.05, 4.69) is 10.6 Å². The Hall–Kier alpha value is -1.71. The first-order valence-corrected chi connectivity index (χ1v) is 6.82. The highest BCUT2D eigenvalue weighted by Gasteiger charge is 2.23. The molecule has 0 aliphatic carbocycles. The largest absolute Gasteiger partial charge is 0.357 e. The summed E-state index contributed by atoms with van der Waals surface area (Å²) in [5.74, 6) is -1.18. The molecule has 2 atom stereocenters. The quantitative estimate of drug-likeness (QED) is 0.300. The molecule has 0 bridgehead atoms. The van der Waals surface area contributed by atoms with E-state index in [0.29, 0.717) is 26.2 Å². The van der Waals surface area contributed by atoms with Gasteiger partial charge in [-0.1, -0.05) is 0 Å². The molecule has 9 heteroatoms. The van der Waals surface area contributed by atoms with E-state index < -0.39 is 18.0 Å². The Kier molecular flexibility index (Phi) is 9.26. The van der Waals surface area contributed by atoms with Crippen molar-refractivity contribution in [3.05, 3.63) is 0 Å². The fourth-order valence-electron chi connectivity index (χ4n) is 1.69. The Morgan fingerprint density at radius 3 is 2.05 bits per heavy atom. The van der Waals surface area contributed by atoms with Crippen molar-refractivity contribution in [1.29, 1.82) is 0 Å². The van der Waals surface area contributed by atoms with Crippen LogP contribution in [0.5, 0.6) is 0 Å². The Morgan fingerprint density at radius 2 is 1.62 bits per heavy atom. The molecule has 0 radical (unpaired) electrons. The zero-order valence-corrected chi connectivity index (χ0v) is 12.6. The third-order valence-corrected chi connectivity index (χ3v) is 2.88. The van der Waals surface area contributed by atoms with Gasteiger partial charge in [0.05, 0.1) is 12.5 Å². The summed E-state index contributed by atoms with van der Waals surface area (Å²) in [6.45, 7) is 2.86. The van der Waals surface area contributed by atoms with Gasteiger partial charge >= 0.3 is 0 Å². The molecule has 21 heavy (non-hydrogen) atoms. The van der Waals surface area contributed by atoms with Crippen LogP contribution in [0.1, 0.15) is 13.3 Å². The monoisotopic (exact) mass is 302 g/mol. The lowest BCUT2D eigenvalue weighted by Gasteiger charge is -2.23. The number of carbonyl (C=O) groups excluding carboxylic acids is 3. The minimum Gasteiger partial charge on any atom is -0.357 e. The van der Waals surface area contributed by atoms with Crippen molar-refractivity contribution in [3.63, 3.8) is 0 Å². The lowest BCUT2D eigenvalue weighted by molar-refractivity contribution is -0.134. The molecule has 0 fully saturated rings. The average molecular weight is 302 g/mol. The molecule has 3 amide bonds. The van der Waals surface area contributed by atoms with Gasteiger partial charge < -0.3 is 32.7 Å². The molecule has 0 aromatic rings. The predicted octanol–water partition coefficient (Wildman–Crippen LogP) is -3.30. The summed E-state index contributed by atoms with van der Waals surface area (Å²) < 4.78 is 0. The van der Waals surface area contributed by atoms with Gasteiger partial charge in [-0.15, -0.1) is 0 Å². The van der Waals surface area contributed by atoms with Crippen LogP contribution >= 0.6 is 0 Å². The van der Waals surface area contributed by atoms with Crippen molar-refractivity contribution in [2.45, 2.75) is 25.4 Å². The van der Waals surface area contributed by atoms with Crippen LogP contribution in [0.2, 0.25) is 0 Å². The van der Waals surface area contributed by atoms with Crippen molar-refractivity contribution >= 4 is 17.7 Å². The molecule has 0 aromatic heterocycles. The van der Waals surface area contributed by atoms with E-state index in [1.165, 1.54) is 18.9 Å². The molecule has 122 valence electrons. The van der Waals surface area contributed by atoms with Crippen LogP contribution in [-0.2, 0) is 14.4 Å². The topological polar surface area (TPSA) is 157 Å². The Labute approximate surface area is 124 Å². The van der Waals surface area contributed by atoms with Crippen LogP contribution in [0, 0.1) is 0 Å². The smallest absolute Gasteiger partial charge is 0.242 e. The molecule has 1 unspecified atom stereocenters. The first-order chi connectivity index (χ1) is 9.87. The van der Waals surface area contributed by atoms with E-state index in [0.717, 1.165) is 0 Å². The van der Waals surface area contributed by atoms with Crippen molar-refractivity contribution in [1.82, 2.24) is 15.5 Å². The van der Waals surface area contributed by atoms with Crippen LogP contribution in [0.15, 0.2) is 0 Å². The molecule has 0 rings (SSSR count). The Bertz CT molecular complexity index is 357. The van der Waals surface area contributed by atoms with Gasteiger partial charge in [0.2, 0.25) is 17.7 Å². The van der Waals surface area contributed by atoms with E-state index in [1.54, 1.807) is 0 Å². The van der Waals surface area contributed by atoms with Crippen LogP contribution in [0.25, 0.3) is 0 Å². The molecule has 0 aliphatic heterocycles. The third-order valence-electron chi connectivity index (χ3n) is 2.88. The van der Waals surface area contributed by atoms with Crippen LogP contribution in [0.4, 0.5) is 0 Å². The van der Waals surface area contributed by atoms with Gasteiger partial charge in [-0.25, -0.2) is 0 Å². The molecule has 0 aliphatic rings. The molecular weight excluding hydrogens is 276 g/mol. The Balaban J connectivity index is 4.44. The molecule has 0 saturated carbocycles. The summed E-state index contributed by atoms with van der Waals surface area (Å²) in [5, 5.41) is 4.85. The maximum Gasteiger partial charge on any atom is 0.242 e. The highest BCUT2D eigenvalue weighted by atomic mass is 16.2. The number of rotatable bonds is 9. The number of amides is 3. The number of nitrogens with one attached hydrogen (secondary N) is 2. The maximum absolute atomic E-state index is 12.0. The molecular formula is C12H26N6O3. The number of hydrogen-bond donors (Lipinski definition) is 5. The van der Waals surface area contributed by atoms with E-state index in [-0.39, 0.29) is 18.2 Å². The van der Waals surface area contributed by atoms with E-state index >= 15 is 0 Å². The van der Waals surface area contributed by atoms with Gasteiger partial charge in [-0.2, -0.15) is 0 Å². The second kappa shape index (κ2) is 10.1. The van der Waals surface area contributed by atoms with Crippen molar-refractivity contribution < 1.29 is 14.4 Å². The van der Waals surface area contributed by atoms with E-state index in [1.807, 2.05) is 0 Å². The number of likely N-dealkylation sites (N-methyl/N-ethyl adjacent to an activating group) is 1. The number of nitrogens with two attached hydrogens (primary N) is 3. The summed E-state index contributed by atoms with van der Waals surface area (Å²) in [5.41, 5.74) is 16.5. The lowest BCUT2D eigenvalue weighted by atomic mass is 10.1. The maximum atomic E-state index is 12.0. The first-order valence-electron chi connectivity index (χ1n) is 6.82. The Morgan fingerprint density at radius 1 is 1.10 bits per heavy atom. The molecule has 0 saturated heterocycles. The second-order valence-corrected chi connectivity index (χ2v) is 4.61. The summed E-state index contributed by atoms with van der Waals surface area (Å²) in [4.78, 5) is 36.6. The summed E-state index contributed by atoms with van der Waals surface area (Å²) in [6.07, 6.45) is -0.160. The molecule has 0 spiro atoms. The highest BCUT2D eigenvalue weighted by molar-refractivity contribution is 5.92. The molecule has 9 nitrogen and oxygen atoms in total. The summed E-state index contributed by atoms with van der Waals surface area (Å²) >= 11 is 0. The molecule has 8 N–H and O–H groups in total. The standard InChI is InChI=1S/C12H26N6O3/c1-8(11(20)16-2)17-12(21)9(15)7-10(19)18(5-3-13)6-4-14/h8-9H,3-7,13-15H2,1-2H3,(H,16,20)(H,17,21)/t8-,9?/m0/s1. The van der Waals surface area contributed by atoms with Crippen LogP contribution in [0.3, 0.4) is 0 Å². The van der Waals surface area contributed by atoms with Gasteiger partial charge in [0.15, 0.2) is 0 Å². The average Bonchev–Trinajstić information content (AvgIpc) is 2.45. The SMILES string of the molecule is CNC(=O)[C@H](C)NC(=O)C(N)CC(=O)N(CCN)CCN. The first kappa shape index (κ1) is 19.3. The molecule has 0 aromatic carbocycles. The number of nitrogens with zero attached hydrogens (tertiary/aromatic N) is 1. The summed E-state index contributed by atoms with van der Waals surface area (Å²) in [6, 6.07) is -1.74. The van der Waals surface area contributed by atoms with Gasteiger partial charge in [0.1, 0.15) is 6.04 Å². The minimum atomic E-state index is -1.03. The van der Waals surface area contributed by atoms with Crippen LogP contribution < -0.4 is 27.8 Å². The fourth-order valence-corrected chi connectivity index (χ4v) is 1.69. The molecule has 0 heterocycles. The fraction of sp³-hybridized carbons (Fsp3) is 0.750. The summed E-state index contributed by atoms with van der Waals surface area (Å²) in [7, 11) is 1.46. The number of carbonyl (C=O) groups is 3. The van der Waals surface area contributed by atoms with E-state index in [4.69, 9.17) is 17.2 Å². The second-order valence-electron chi connectivity index (χ2n) is 4.61. The lowest BCUT2D eigenvalue weighted by Crippen LogP contribution is -2.51. The van der Waals surface area contributed by atoms with Crippen molar-refractivity contribution in [2.24, 2.45) is 17.2 Å². The van der Waals surface area contributed by atoms with Crippen molar-refractivity contribution in [3.8, 4) is 0 Å². The van der Waals surface area contributed by atoms with Crippen molar-refractivity contribution in [2.75, 3.05) is 33.2 Å². The number of hydrogen-bond acceptors (Lipinski definition) is 6. The minimum absolute atomic E-state index is 0.160. The van der Waals surface area contributed by atoms with Gasteiger partial charge in [-0.05, 0) is 6.92 Å². The van der Waals surface area contributed by atoms with Gasteiger partial charge in [0.25, 0.3) is 0 Å².